The van der Waals surface area contributed by atoms with Gasteiger partial charge in [-0.1, -0.05) is 33.6 Å². The van der Waals surface area contributed by atoms with E-state index in [9.17, 15) is 9.59 Å². The van der Waals surface area contributed by atoms with E-state index in [0.29, 0.717) is 12.8 Å². The van der Waals surface area contributed by atoms with Gasteiger partial charge in [0.2, 0.25) is 0 Å². The molecule has 1 atom stereocenters. The molecule has 0 fully saturated rings. The van der Waals surface area contributed by atoms with Crippen molar-refractivity contribution in [2.75, 3.05) is 0 Å². The van der Waals surface area contributed by atoms with E-state index in [2.05, 4.69) is 0 Å². The zero-order valence-corrected chi connectivity index (χ0v) is 8.91. The van der Waals surface area contributed by atoms with Crippen LogP contribution in [0.4, 0.5) is 0 Å². The van der Waals surface area contributed by atoms with Crippen molar-refractivity contribution in [3.8, 4) is 0 Å². The second kappa shape index (κ2) is 6.92. The molecule has 0 aromatic carbocycles. The Labute approximate surface area is 102 Å². The molecule has 0 amide bonds. The molecule has 0 aromatic heterocycles. The van der Waals surface area contributed by atoms with Gasteiger partial charge in [-0.25, -0.2) is 0 Å². The molecule has 0 radical (unpaired) electrons. The van der Waals surface area contributed by atoms with Gasteiger partial charge in [0.1, 0.15) is 0 Å². The topological polar surface area (TPSA) is 74.6 Å². The molecule has 0 saturated heterocycles. The predicted molar refractivity (Wildman–Crippen MR) is 59.2 cm³/mol. The summed E-state index contributed by atoms with van der Waals surface area (Å²) in [4.78, 5) is 22.1. The average Bonchev–Trinajstić information content (AvgIpc) is 2.11. The summed E-state index contributed by atoms with van der Waals surface area (Å²) in [6, 6.07) is 0. The molecule has 0 saturated carbocycles. The Balaban J connectivity index is 0. The minimum absolute atomic E-state index is 0. The second-order valence-electron chi connectivity index (χ2n) is 3.64. The monoisotopic (exact) mass is 210 g/mol. The van der Waals surface area contributed by atoms with Crippen LogP contribution in [-0.4, -0.2) is 41.0 Å². The van der Waals surface area contributed by atoms with Gasteiger partial charge in [0, 0.05) is 0 Å². The van der Waals surface area contributed by atoms with Crippen molar-refractivity contribution in [3.63, 3.8) is 0 Å². The molecule has 0 spiro atoms. The van der Waals surface area contributed by atoms with Crippen LogP contribution >= 0.6 is 0 Å². The fourth-order valence-electron chi connectivity index (χ4n) is 1.72. The molecule has 15 heavy (non-hydrogen) atoms. The van der Waals surface area contributed by atoms with E-state index in [1.54, 1.807) is 20.8 Å². The molecule has 5 heteroatoms. The third kappa shape index (κ3) is 3.25. The summed E-state index contributed by atoms with van der Waals surface area (Å²) in [5.41, 5.74) is -1.61. The van der Waals surface area contributed by atoms with Crippen molar-refractivity contribution in [3.05, 3.63) is 0 Å². The Morgan fingerprint density at radius 3 is 1.80 bits per heavy atom. The van der Waals surface area contributed by atoms with Crippen LogP contribution in [0.15, 0.2) is 0 Å². The van der Waals surface area contributed by atoms with Gasteiger partial charge in [0.25, 0.3) is 0 Å². The van der Waals surface area contributed by atoms with Crippen molar-refractivity contribution >= 4 is 30.8 Å². The summed E-state index contributed by atoms with van der Waals surface area (Å²) in [7, 11) is 0. The molecular formula is C10H19LiO4. The maximum absolute atomic E-state index is 11.1. The van der Waals surface area contributed by atoms with E-state index in [1.807, 2.05) is 0 Å². The van der Waals surface area contributed by atoms with E-state index in [4.69, 9.17) is 10.2 Å². The van der Waals surface area contributed by atoms with E-state index < -0.39 is 17.4 Å². The molecule has 0 aliphatic rings. The fraction of sp³-hybridized carbons (Fsp3) is 0.800. The molecule has 1 unspecified atom stereocenters. The van der Waals surface area contributed by atoms with Crippen LogP contribution < -0.4 is 0 Å². The van der Waals surface area contributed by atoms with E-state index in [0.717, 1.165) is 0 Å². The van der Waals surface area contributed by atoms with Crippen LogP contribution in [0.3, 0.4) is 0 Å². The Hall–Kier alpha value is -0.463. The summed E-state index contributed by atoms with van der Waals surface area (Å²) >= 11 is 0. The molecule has 4 nitrogen and oxygen atoms in total. The van der Waals surface area contributed by atoms with Crippen molar-refractivity contribution in [1.29, 1.82) is 0 Å². The average molecular weight is 210 g/mol. The first-order valence-corrected chi connectivity index (χ1v) is 4.90. The summed E-state index contributed by atoms with van der Waals surface area (Å²) in [5, 5.41) is 18.1. The van der Waals surface area contributed by atoms with Crippen LogP contribution in [0.1, 0.15) is 40.0 Å². The Bertz CT molecular complexity index is 213. The van der Waals surface area contributed by atoms with Crippen molar-refractivity contribution < 1.29 is 19.8 Å². The first kappa shape index (κ1) is 16.9. The predicted octanol–water partition coefficient (Wildman–Crippen LogP) is 1.34. The van der Waals surface area contributed by atoms with Crippen LogP contribution in [-0.2, 0) is 9.59 Å². The Morgan fingerprint density at radius 1 is 1.20 bits per heavy atom. The molecular weight excluding hydrogens is 191 g/mol. The number of carbonyl (C=O) groups is 2. The van der Waals surface area contributed by atoms with Gasteiger partial charge in [0.05, 0.1) is 0 Å². The summed E-state index contributed by atoms with van der Waals surface area (Å²) in [6.07, 6.45) is 1.30. The van der Waals surface area contributed by atoms with E-state index in [-0.39, 0.29) is 31.2 Å². The Kier molecular flexibility index (Phi) is 7.82. The Morgan fingerprint density at radius 2 is 1.60 bits per heavy atom. The quantitative estimate of drug-likeness (QED) is 0.512. The number of rotatable bonds is 6. The zero-order chi connectivity index (χ0) is 11.4. The molecule has 84 valence electrons. The zero-order valence-electron chi connectivity index (χ0n) is 8.91. The first-order chi connectivity index (χ1) is 6.43. The minimum atomic E-state index is -1.61. The van der Waals surface area contributed by atoms with Crippen LogP contribution in [0, 0.1) is 11.3 Å². The van der Waals surface area contributed by atoms with Crippen LogP contribution in [0.25, 0.3) is 0 Å². The fourth-order valence-corrected chi connectivity index (χ4v) is 1.72. The molecule has 0 aromatic rings. The number of hydrogen-bond acceptors (Lipinski definition) is 2. The van der Waals surface area contributed by atoms with Gasteiger partial charge >= 0.3 is 30.8 Å². The van der Waals surface area contributed by atoms with Crippen LogP contribution in [0.2, 0.25) is 0 Å². The third-order valence-electron chi connectivity index (χ3n) is 2.86. The normalized spacial score (nSPS) is 12.7. The van der Waals surface area contributed by atoms with Crippen molar-refractivity contribution in [1.82, 2.24) is 0 Å². The van der Waals surface area contributed by atoms with E-state index >= 15 is 0 Å². The number of carboxylic acids is 2. The SMILES string of the molecule is CCCC(C(=O)O)(C(=O)O)C(C)CC.[LiH]. The van der Waals surface area contributed by atoms with Gasteiger partial charge in [-0.2, -0.15) is 0 Å². The second-order valence-corrected chi connectivity index (χ2v) is 3.64. The van der Waals surface area contributed by atoms with Gasteiger partial charge in [-0.05, 0) is 12.3 Å². The van der Waals surface area contributed by atoms with Crippen LogP contribution in [0.5, 0.6) is 0 Å². The standard InChI is InChI=1S/C10H18O4.Li.H/c1-4-6-10(8(11)12,9(13)14)7(3)5-2;;/h7H,4-6H2,1-3H3,(H,11,12)(H,13,14);;. The molecule has 2 N–H and O–H groups in total. The number of hydrogen-bond donors (Lipinski definition) is 2. The number of carboxylic acid groups (broad SMARTS) is 2. The van der Waals surface area contributed by atoms with Gasteiger partial charge in [-0.15, -0.1) is 0 Å². The molecule has 0 rings (SSSR count). The van der Waals surface area contributed by atoms with Gasteiger partial charge in [0.15, 0.2) is 5.41 Å². The molecule has 0 aliphatic carbocycles. The first-order valence-electron chi connectivity index (χ1n) is 4.90. The maximum atomic E-state index is 11.1. The van der Waals surface area contributed by atoms with Gasteiger partial charge in [-0.3, -0.25) is 9.59 Å². The molecule has 0 heterocycles. The summed E-state index contributed by atoms with van der Waals surface area (Å²) < 4.78 is 0. The summed E-state index contributed by atoms with van der Waals surface area (Å²) in [5.74, 6) is -2.79. The third-order valence-corrected chi connectivity index (χ3v) is 2.86. The van der Waals surface area contributed by atoms with Crippen molar-refractivity contribution in [2.24, 2.45) is 11.3 Å². The van der Waals surface area contributed by atoms with Crippen molar-refractivity contribution in [2.45, 2.75) is 40.0 Å². The molecule has 0 bridgehead atoms. The summed E-state index contributed by atoms with van der Waals surface area (Å²) in [6.45, 7) is 5.28. The van der Waals surface area contributed by atoms with Gasteiger partial charge < -0.3 is 10.2 Å². The van der Waals surface area contributed by atoms with E-state index in [1.165, 1.54) is 0 Å². The molecule has 0 aliphatic heterocycles. The number of aliphatic carboxylic acids is 2.